The Labute approximate surface area is 265 Å². The number of aryl methyl sites for hydroxylation is 1. The zero-order valence-electron chi connectivity index (χ0n) is 26.9. The number of likely N-dealkylation sites (tertiary alicyclic amines) is 2. The van der Waals surface area contributed by atoms with Gasteiger partial charge in [-0.2, -0.15) is 5.10 Å². The van der Waals surface area contributed by atoms with Crippen LogP contribution in [0.5, 0.6) is 0 Å². The molecule has 5 heterocycles. The predicted molar refractivity (Wildman–Crippen MR) is 176 cm³/mol. The molecular formula is C36H47FN6O2. The fourth-order valence-corrected chi connectivity index (χ4v) is 7.66. The minimum atomic E-state index is -0.421. The van der Waals surface area contributed by atoms with Gasteiger partial charge in [0.15, 0.2) is 0 Å². The van der Waals surface area contributed by atoms with E-state index >= 15 is 4.39 Å². The van der Waals surface area contributed by atoms with E-state index < -0.39 is 6.23 Å². The number of hydrogen-bond donors (Lipinski definition) is 2. The molecule has 1 saturated carbocycles. The Morgan fingerprint density at radius 3 is 2.58 bits per heavy atom. The van der Waals surface area contributed by atoms with Gasteiger partial charge in [-0.3, -0.25) is 9.69 Å². The van der Waals surface area contributed by atoms with Crippen molar-refractivity contribution in [3.05, 3.63) is 59.0 Å². The molecule has 7 rings (SSSR count). The summed E-state index contributed by atoms with van der Waals surface area (Å²) < 4.78 is 19.5. The van der Waals surface area contributed by atoms with Gasteiger partial charge in [-0.25, -0.2) is 8.91 Å². The van der Waals surface area contributed by atoms with E-state index in [9.17, 15) is 9.90 Å². The highest BCUT2D eigenvalue weighted by Crippen LogP contribution is 2.41. The summed E-state index contributed by atoms with van der Waals surface area (Å²) in [5.74, 6) is 1.07. The van der Waals surface area contributed by atoms with Gasteiger partial charge in [0.05, 0.1) is 22.3 Å². The van der Waals surface area contributed by atoms with Gasteiger partial charge >= 0.3 is 0 Å². The number of aromatic nitrogens is 3. The van der Waals surface area contributed by atoms with Crippen molar-refractivity contribution in [2.24, 2.45) is 17.6 Å². The number of pyridine rings is 1. The van der Waals surface area contributed by atoms with Crippen molar-refractivity contribution >= 4 is 22.3 Å². The Morgan fingerprint density at radius 1 is 1.09 bits per heavy atom. The second-order valence-corrected chi connectivity index (χ2v) is 14.3. The third-order valence-electron chi connectivity index (χ3n) is 10.3. The maximum atomic E-state index is 15.2. The molecule has 2 aliphatic heterocycles. The number of piperidine rings is 2. The number of aliphatic hydroxyl groups excluding tert-OH is 1. The minimum absolute atomic E-state index is 0.00695. The van der Waals surface area contributed by atoms with Crippen molar-refractivity contribution < 1.29 is 14.3 Å². The maximum absolute atomic E-state index is 15.2. The molecule has 0 spiro atoms. The molecule has 3 fully saturated rings. The van der Waals surface area contributed by atoms with Gasteiger partial charge in [-0.05, 0) is 106 Å². The number of benzene rings is 1. The van der Waals surface area contributed by atoms with Crippen LogP contribution in [0.25, 0.3) is 27.8 Å². The normalized spacial score (nSPS) is 21.0. The van der Waals surface area contributed by atoms with Gasteiger partial charge in [-0.15, -0.1) is 0 Å². The van der Waals surface area contributed by atoms with E-state index in [0.717, 1.165) is 97.2 Å². The summed E-state index contributed by atoms with van der Waals surface area (Å²) in [5, 5.41) is 16.7. The number of nitrogens with two attached hydrogens (primary N) is 1. The number of fused-ring (bicyclic) bond motifs is 2. The Hall–Kier alpha value is -3.27. The lowest BCUT2D eigenvalue weighted by atomic mass is 9.87. The van der Waals surface area contributed by atoms with E-state index in [1.165, 1.54) is 12.8 Å². The maximum Gasteiger partial charge on any atom is 0.255 e. The third kappa shape index (κ3) is 6.02. The average Bonchev–Trinajstić information content (AvgIpc) is 3.69. The smallest absolute Gasteiger partial charge is 0.255 e. The van der Waals surface area contributed by atoms with Crippen molar-refractivity contribution in [3.8, 4) is 11.4 Å². The van der Waals surface area contributed by atoms with E-state index in [0.29, 0.717) is 23.9 Å². The lowest BCUT2D eigenvalue weighted by Gasteiger charge is -2.36. The number of nitrogens with zero attached hydrogens (tertiary/aromatic N) is 5. The van der Waals surface area contributed by atoms with Crippen molar-refractivity contribution in [2.45, 2.75) is 90.4 Å². The number of rotatable bonds is 8. The number of hydrogen-bond acceptors (Lipinski definition) is 5. The van der Waals surface area contributed by atoms with Gasteiger partial charge in [0.2, 0.25) is 0 Å². The second-order valence-electron chi connectivity index (χ2n) is 14.3. The summed E-state index contributed by atoms with van der Waals surface area (Å²) in [4.78, 5) is 17.4. The summed E-state index contributed by atoms with van der Waals surface area (Å²) in [7, 11) is 0. The van der Waals surface area contributed by atoms with Gasteiger partial charge < -0.3 is 20.3 Å². The molecule has 45 heavy (non-hydrogen) atoms. The molecule has 2 saturated heterocycles. The van der Waals surface area contributed by atoms with Gasteiger partial charge in [0.1, 0.15) is 17.7 Å². The molecule has 0 bridgehead atoms. The molecule has 3 aromatic heterocycles. The van der Waals surface area contributed by atoms with E-state index in [2.05, 4.69) is 36.3 Å². The zero-order chi connectivity index (χ0) is 31.4. The van der Waals surface area contributed by atoms with E-state index in [-0.39, 0.29) is 23.7 Å². The van der Waals surface area contributed by atoms with Crippen molar-refractivity contribution in [2.75, 3.05) is 26.2 Å². The minimum Gasteiger partial charge on any atom is -0.378 e. The zero-order valence-corrected chi connectivity index (χ0v) is 26.9. The van der Waals surface area contributed by atoms with Gasteiger partial charge in [0.25, 0.3) is 5.91 Å². The van der Waals surface area contributed by atoms with Crippen LogP contribution in [0.15, 0.2) is 36.5 Å². The van der Waals surface area contributed by atoms with Crippen molar-refractivity contribution in [1.82, 2.24) is 24.0 Å². The fraction of sp³-hybridized carbons (Fsp3) is 0.556. The van der Waals surface area contributed by atoms with Crippen LogP contribution in [0.2, 0.25) is 0 Å². The van der Waals surface area contributed by atoms with Crippen molar-refractivity contribution in [1.29, 1.82) is 0 Å². The van der Waals surface area contributed by atoms with E-state index in [4.69, 9.17) is 10.8 Å². The molecule has 2 atom stereocenters. The molecule has 3 N–H and O–H groups in total. The van der Waals surface area contributed by atoms with Crippen LogP contribution in [0.1, 0.15) is 86.2 Å². The Morgan fingerprint density at radius 2 is 1.87 bits per heavy atom. The summed E-state index contributed by atoms with van der Waals surface area (Å²) in [6.07, 6.45) is 8.26. The molecule has 8 nitrogen and oxygen atoms in total. The summed E-state index contributed by atoms with van der Waals surface area (Å²) in [5.41, 5.74) is 12.8. The quantitative estimate of drug-likeness (QED) is 0.257. The molecule has 0 radical (unpaired) electrons. The molecule has 240 valence electrons. The van der Waals surface area contributed by atoms with Gasteiger partial charge in [-0.1, -0.05) is 13.8 Å². The first-order valence-corrected chi connectivity index (χ1v) is 16.9. The van der Waals surface area contributed by atoms with Crippen LogP contribution in [0.3, 0.4) is 0 Å². The van der Waals surface area contributed by atoms with Crippen LogP contribution in [-0.2, 0) is 6.54 Å². The summed E-state index contributed by atoms with van der Waals surface area (Å²) in [6.45, 7) is 10.2. The Kier molecular flexibility index (Phi) is 8.21. The van der Waals surface area contributed by atoms with Crippen LogP contribution >= 0.6 is 0 Å². The molecule has 1 aromatic carbocycles. The fourth-order valence-electron chi connectivity index (χ4n) is 7.66. The topological polar surface area (TPSA) is 92.0 Å². The Balaban J connectivity index is 1.25. The third-order valence-corrected chi connectivity index (χ3v) is 10.3. The highest BCUT2D eigenvalue weighted by Gasteiger charge is 2.31. The number of halogens is 1. The second kappa shape index (κ2) is 12.2. The Bertz CT molecular complexity index is 1710. The average molecular weight is 615 g/mol. The van der Waals surface area contributed by atoms with E-state index in [1.54, 1.807) is 12.1 Å². The predicted octanol–water partition coefficient (Wildman–Crippen LogP) is 5.92. The summed E-state index contributed by atoms with van der Waals surface area (Å²) >= 11 is 0. The molecular weight excluding hydrogens is 567 g/mol. The number of amides is 1. The van der Waals surface area contributed by atoms with Crippen LogP contribution in [0, 0.1) is 24.6 Å². The van der Waals surface area contributed by atoms with Crippen molar-refractivity contribution in [3.63, 3.8) is 0 Å². The molecule has 9 heteroatoms. The van der Waals surface area contributed by atoms with E-state index in [1.807, 2.05) is 27.7 Å². The first-order valence-electron chi connectivity index (χ1n) is 16.9. The highest BCUT2D eigenvalue weighted by atomic mass is 19.1. The first kappa shape index (κ1) is 30.4. The number of carbonyl (C=O) groups is 1. The standard InChI is InChI=1S/C36H47FN6O2/c1-22(2)15-33(44)40-13-10-25(11-14-40)30-18-28(37)16-27-17-32(42(35(27)30)19-24-6-7-24)34-23(3)31-9-8-26(20-43(31)39-34)36(45)41-12-4-5-29(38)21-41/h8-9,16-18,20,22,24-25,29,33,44H,4-7,10-15,19,21,38H2,1-3H3/t29-,33?/m1/s1. The molecule has 1 amide bonds. The summed E-state index contributed by atoms with van der Waals surface area (Å²) in [6, 6.07) is 9.44. The number of carbonyl (C=O) groups excluding carboxylic acids is 1. The largest absolute Gasteiger partial charge is 0.378 e. The lowest BCUT2D eigenvalue weighted by Crippen LogP contribution is -2.45. The molecule has 1 unspecified atom stereocenters. The van der Waals surface area contributed by atoms with Crippen LogP contribution in [-0.4, -0.2) is 73.4 Å². The molecule has 1 aliphatic carbocycles. The van der Waals surface area contributed by atoms with Gasteiger partial charge in [0, 0.05) is 55.9 Å². The first-order chi connectivity index (χ1) is 21.7. The van der Waals surface area contributed by atoms with Crippen LogP contribution < -0.4 is 5.73 Å². The van der Waals surface area contributed by atoms with Crippen LogP contribution in [0.4, 0.5) is 4.39 Å². The lowest BCUT2D eigenvalue weighted by molar-refractivity contribution is -0.0239. The molecule has 3 aliphatic rings. The molecule has 4 aromatic rings. The number of aliphatic hydroxyl groups is 1. The monoisotopic (exact) mass is 614 g/mol. The highest BCUT2D eigenvalue weighted by molar-refractivity contribution is 5.95. The SMILES string of the molecule is Cc1c(-c2cc3cc(F)cc(C4CCN(C(O)CC(C)C)CC4)c3n2CC2CC2)nn2cc(C(=O)N3CCC[C@@H](N)C3)ccc12.